The highest BCUT2D eigenvalue weighted by Gasteiger charge is 2.35. The summed E-state index contributed by atoms with van der Waals surface area (Å²) < 4.78 is 17.2. The third-order valence-corrected chi connectivity index (χ3v) is 5.58. The van der Waals surface area contributed by atoms with Crippen LogP contribution in [0.15, 0.2) is 41.6 Å². The number of methoxy groups -OCH3 is 1. The topological polar surface area (TPSA) is 79.5 Å². The lowest BCUT2D eigenvalue weighted by atomic mass is 10.1. The van der Waals surface area contributed by atoms with Gasteiger partial charge >= 0.3 is 0 Å². The number of nitrogens with zero attached hydrogens (tertiary/aromatic N) is 2. The molecule has 1 fully saturated rings. The van der Waals surface area contributed by atoms with Gasteiger partial charge in [-0.15, -0.1) is 0 Å². The monoisotopic (exact) mass is 395 g/mol. The second-order valence-corrected chi connectivity index (χ2v) is 7.50. The number of hydrogen-bond donors (Lipinski definition) is 1. The molecule has 0 radical (unpaired) electrons. The Bertz CT molecular complexity index is 718. The normalized spacial score (nSPS) is 21.8. The largest absolute Gasteiger partial charge is 0.376 e. The third-order valence-electron chi connectivity index (χ3n) is 4.16. The summed E-state index contributed by atoms with van der Waals surface area (Å²) in [5, 5.41) is 0.549. The van der Waals surface area contributed by atoms with Gasteiger partial charge < -0.3 is 19.9 Å². The summed E-state index contributed by atoms with van der Waals surface area (Å²) in [6.45, 7) is 2.89. The molecule has 140 valence electrons. The van der Waals surface area contributed by atoms with Gasteiger partial charge in [-0.25, -0.2) is 0 Å². The Morgan fingerprint density at radius 3 is 2.85 bits per heavy atom. The third kappa shape index (κ3) is 4.54. The van der Waals surface area contributed by atoms with Gasteiger partial charge in [0.15, 0.2) is 0 Å². The van der Waals surface area contributed by atoms with E-state index in [-0.39, 0.29) is 23.7 Å². The predicted octanol–water partition coefficient (Wildman–Crippen LogP) is 2.99. The van der Waals surface area contributed by atoms with E-state index in [4.69, 9.17) is 31.5 Å². The quantitative estimate of drug-likeness (QED) is 0.543. The lowest BCUT2D eigenvalue weighted by Crippen LogP contribution is -2.49. The molecule has 3 rings (SSSR count). The number of thioether (sulfide) groups is 1. The van der Waals surface area contributed by atoms with Gasteiger partial charge in [0.1, 0.15) is 23.3 Å². The van der Waals surface area contributed by atoms with E-state index in [1.54, 1.807) is 19.5 Å². The lowest BCUT2D eigenvalue weighted by Gasteiger charge is -2.38. The lowest BCUT2D eigenvalue weighted by molar-refractivity contribution is -0.196. The maximum atomic E-state index is 6.22. The molecule has 0 spiro atoms. The molecular formula is C18H22ClN3O3S. The molecule has 2 aromatic heterocycles. The highest BCUT2D eigenvalue weighted by Crippen LogP contribution is 2.36. The molecule has 6 nitrogen and oxygen atoms in total. The molecule has 3 unspecified atom stereocenters. The Hall–Kier alpha value is -1.22. The van der Waals surface area contributed by atoms with Crippen LogP contribution in [0, 0.1) is 0 Å². The molecule has 0 amide bonds. The van der Waals surface area contributed by atoms with Crippen molar-refractivity contribution in [3.63, 3.8) is 0 Å². The van der Waals surface area contributed by atoms with E-state index in [9.17, 15) is 0 Å². The van der Waals surface area contributed by atoms with Crippen LogP contribution in [0.5, 0.6) is 0 Å². The van der Waals surface area contributed by atoms with Crippen molar-refractivity contribution >= 4 is 23.4 Å². The number of aromatic nitrogens is 2. The molecular weight excluding hydrogens is 374 g/mol. The van der Waals surface area contributed by atoms with Crippen LogP contribution in [0.4, 0.5) is 0 Å². The Morgan fingerprint density at radius 2 is 2.27 bits per heavy atom. The van der Waals surface area contributed by atoms with Crippen LogP contribution in [0.25, 0.3) is 11.4 Å². The van der Waals surface area contributed by atoms with Crippen molar-refractivity contribution in [3.05, 3.63) is 41.7 Å². The fourth-order valence-corrected chi connectivity index (χ4v) is 4.04. The average Bonchev–Trinajstić information content (AvgIpc) is 2.66. The highest BCUT2D eigenvalue weighted by molar-refractivity contribution is 8.00. The van der Waals surface area contributed by atoms with E-state index in [1.165, 1.54) is 11.8 Å². The number of halogens is 1. The van der Waals surface area contributed by atoms with Crippen LogP contribution in [0.2, 0.25) is 5.02 Å². The Balaban J connectivity index is 1.88. The van der Waals surface area contributed by atoms with Crippen LogP contribution in [0.1, 0.15) is 6.92 Å². The van der Waals surface area contributed by atoms with Crippen LogP contribution >= 0.6 is 23.4 Å². The van der Waals surface area contributed by atoms with Crippen molar-refractivity contribution in [2.45, 2.75) is 35.6 Å². The molecule has 0 bridgehead atoms. The van der Waals surface area contributed by atoms with Gasteiger partial charge in [0.05, 0.1) is 23.4 Å². The Labute approximate surface area is 162 Å². The van der Waals surface area contributed by atoms with Gasteiger partial charge in [-0.05, 0) is 25.1 Å². The highest BCUT2D eigenvalue weighted by atomic mass is 35.5. The number of pyridine rings is 2. The van der Waals surface area contributed by atoms with E-state index in [0.29, 0.717) is 18.2 Å². The number of hydrogen-bond acceptors (Lipinski definition) is 7. The minimum Gasteiger partial charge on any atom is -0.376 e. The van der Waals surface area contributed by atoms with E-state index in [0.717, 1.165) is 16.3 Å². The van der Waals surface area contributed by atoms with Crippen LogP contribution in [-0.4, -0.2) is 54.0 Å². The van der Waals surface area contributed by atoms with Gasteiger partial charge in [0.25, 0.3) is 0 Å². The smallest absolute Gasteiger partial charge is 0.135 e. The summed E-state index contributed by atoms with van der Waals surface area (Å²) in [4.78, 5) is 9.73. The molecule has 4 atom stereocenters. The van der Waals surface area contributed by atoms with Crippen molar-refractivity contribution < 1.29 is 14.2 Å². The molecule has 1 saturated heterocycles. The van der Waals surface area contributed by atoms with Gasteiger partial charge in [-0.1, -0.05) is 29.4 Å². The molecule has 26 heavy (non-hydrogen) atoms. The zero-order valence-corrected chi connectivity index (χ0v) is 16.2. The maximum Gasteiger partial charge on any atom is 0.135 e. The molecule has 0 aliphatic carbocycles. The first kappa shape index (κ1) is 19.5. The maximum absolute atomic E-state index is 6.22. The average molecular weight is 396 g/mol. The molecule has 8 heteroatoms. The second-order valence-electron chi connectivity index (χ2n) is 5.92. The van der Waals surface area contributed by atoms with Crippen molar-refractivity contribution in [1.82, 2.24) is 9.97 Å². The predicted molar refractivity (Wildman–Crippen MR) is 102 cm³/mol. The number of nitrogens with two attached hydrogens (primary N) is 1. The first-order valence-corrected chi connectivity index (χ1v) is 9.61. The summed E-state index contributed by atoms with van der Waals surface area (Å²) in [7, 11) is 1.63. The summed E-state index contributed by atoms with van der Waals surface area (Å²) in [6.07, 6.45) is 3.15. The fourth-order valence-electron chi connectivity index (χ4n) is 2.53. The summed E-state index contributed by atoms with van der Waals surface area (Å²) in [5.74, 6) is 0. The summed E-state index contributed by atoms with van der Waals surface area (Å²) in [6, 6.07) is 7.57. The summed E-state index contributed by atoms with van der Waals surface area (Å²) >= 11 is 7.68. The second kappa shape index (κ2) is 9.12. The van der Waals surface area contributed by atoms with Crippen molar-refractivity contribution in [2.75, 3.05) is 20.3 Å². The molecule has 2 N–H and O–H groups in total. The molecule has 3 heterocycles. The Morgan fingerprint density at radius 1 is 1.42 bits per heavy atom. The SMILES string of the molecule is CO[C@@H](CN)C(OC1COC1C)Sc1cc(Cl)cnc1-c1ccccn1. The van der Waals surface area contributed by atoms with Gasteiger partial charge in [-0.2, -0.15) is 0 Å². The standard InChI is InChI=1S/C18H22ClN3O3S/c1-11-15(10-24-11)25-18(14(8-20)23-2)26-16-7-12(19)9-22-17(16)13-5-3-4-6-21-13/h3-7,9,11,14-15,18H,8,10,20H2,1-2H3/t11?,14-,15?,18?/m0/s1. The summed E-state index contributed by atoms with van der Waals surface area (Å²) in [5.41, 5.74) is 7.09. The van der Waals surface area contributed by atoms with E-state index in [1.807, 2.05) is 31.2 Å². The van der Waals surface area contributed by atoms with Crippen LogP contribution in [0.3, 0.4) is 0 Å². The van der Waals surface area contributed by atoms with E-state index < -0.39 is 0 Å². The zero-order chi connectivity index (χ0) is 18.5. The van der Waals surface area contributed by atoms with Crippen molar-refractivity contribution in [3.8, 4) is 11.4 Å². The van der Waals surface area contributed by atoms with E-state index >= 15 is 0 Å². The minimum atomic E-state index is -0.316. The number of ether oxygens (including phenoxy) is 3. The zero-order valence-electron chi connectivity index (χ0n) is 14.7. The fraction of sp³-hybridized carbons (Fsp3) is 0.444. The van der Waals surface area contributed by atoms with Crippen molar-refractivity contribution in [2.24, 2.45) is 5.73 Å². The van der Waals surface area contributed by atoms with Crippen LogP contribution < -0.4 is 5.73 Å². The van der Waals surface area contributed by atoms with Crippen LogP contribution in [-0.2, 0) is 14.2 Å². The molecule has 2 aromatic rings. The minimum absolute atomic E-state index is 0.0159. The Kier molecular flexibility index (Phi) is 6.86. The molecule has 1 aliphatic rings. The number of rotatable bonds is 8. The van der Waals surface area contributed by atoms with Gasteiger partial charge in [0, 0.05) is 30.9 Å². The molecule has 1 aliphatic heterocycles. The molecule has 0 aromatic carbocycles. The van der Waals surface area contributed by atoms with E-state index in [2.05, 4.69) is 9.97 Å². The molecule has 0 saturated carbocycles. The van der Waals surface area contributed by atoms with Crippen molar-refractivity contribution in [1.29, 1.82) is 0 Å². The van der Waals surface area contributed by atoms with Gasteiger partial charge in [-0.3, -0.25) is 9.97 Å². The first-order chi connectivity index (χ1) is 12.6. The van der Waals surface area contributed by atoms with Gasteiger partial charge in [0.2, 0.25) is 0 Å². The first-order valence-electron chi connectivity index (χ1n) is 8.36.